The van der Waals surface area contributed by atoms with Gasteiger partial charge in [-0.2, -0.15) is 0 Å². The summed E-state index contributed by atoms with van der Waals surface area (Å²) >= 11 is 0. The normalized spacial score (nSPS) is 11.6. The van der Waals surface area contributed by atoms with Crippen molar-refractivity contribution in [2.24, 2.45) is 5.92 Å². The average molecular weight is 275 g/mol. The molecule has 0 aliphatic carbocycles. The van der Waals surface area contributed by atoms with Crippen LogP contribution in [0.15, 0.2) is 0 Å². The Morgan fingerprint density at radius 1 is 0.765 bits per heavy atom. The van der Waals surface area contributed by atoms with Gasteiger partial charge in [0.2, 0.25) is 0 Å². The zero-order chi connectivity index (χ0) is 11.5. The molecule has 0 aromatic rings. The SMILES string of the molecule is O=C(O)C(=O)C(C(=O)O)C(O)C(=O)O.[Na].[Na].[Na]. The molecule has 0 aromatic carbocycles. The molecule has 8 nitrogen and oxygen atoms in total. The van der Waals surface area contributed by atoms with E-state index >= 15 is 0 Å². The van der Waals surface area contributed by atoms with E-state index in [0.29, 0.717) is 0 Å². The van der Waals surface area contributed by atoms with E-state index in [4.69, 9.17) is 20.4 Å². The van der Waals surface area contributed by atoms with Crippen LogP contribution in [0.3, 0.4) is 0 Å². The van der Waals surface area contributed by atoms with Crippen molar-refractivity contribution < 1.29 is 39.6 Å². The first-order valence-corrected chi connectivity index (χ1v) is 3.19. The number of Topliss-reactive ketones (excluding diaryl/α,β-unsaturated/α-hetero) is 1. The number of aliphatic carboxylic acids is 3. The second kappa shape index (κ2) is 12.1. The number of rotatable bonds is 5. The molecule has 0 amide bonds. The maximum atomic E-state index is 10.6. The van der Waals surface area contributed by atoms with Gasteiger partial charge in [-0.05, 0) is 0 Å². The minimum Gasteiger partial charge on any atom is -0.481 e. The molecule has 0 heterocycles. The molecule has 0 aliphatic rings. The Labute approximate surface area is 162 Å². The van der Waals surface area contributed by atoms with E-state index in [1.165, 1.54) is 0 Å². The van der Waals surface area contributed by atoms with Gasteiger partial charge in [0.15, 0.2) is 12.0 Å². The summed E-state index contributed by atoms with van der Waals surface area (Å²) in [7, 11) is 0. The molecule has 0 aromatic heterocycles. The van der Waals surface area contributed by atoms with Crippen LogP contribution in [0.1, 0.15) is 0 Å². The van der Waals surface area contributed by atoms with E-state index in [-0.39, 0.29) is 88.7 Å². The van der Waals surface area contributed by atoms with Gasteiger partial charge in [-0.3, -0.25) is 9.59 Å². The van der Waals surface area contributed by atoms with Crippen LogP contribution in [0.4, 0.5) is 0 Å². The number of aliphatic hydroxyl groups excluding tert-OH is 1. The first kappa shape index (κ1) is 26.6. The van der Waals surface area contributed by atoms with Gasteiger partial charge in [0.05, 0.1) is 0 Å². The molecule has 0 spiro atoms. The zero-order valence-corrected chi connectivity index (χ0v) is 15.6. The topological polar surface area (TPSA) is 149 Å². The van der Waals surface area contributed by atoms with Crippen LogP contribution in [-0.2, 0) is 19.2 Å². The van der Waals surface area contributed by atoms with Crippen molar-refractivity contribution >= 4 is 112 Å². The van der Waals surface area contributed by atoms with Crippen LogP contribution in [-0.4, -0.2) is 139 Å². The molecule has 81 valence electrons. The van der Waals surface area contributed by atoms with Gasteiger partial charge in [-0.15, -0.1) is 0 Å². The fourth-order valence-electron chi connectivity index (χ4n) is 0.666. The Balaban J connectivity index is -0.000000282. The first-order chi connectivity index (χ1) is 6.29. The third-order valence-corrected chi connectivity index (χ3v) is 1.33. The number of hydrogen-bond donors (Lipinski definition) is 4. The van der Waals surface area contributed by atoms with Crippen LogP contribution in [0, 0.1) is 5.92 Å². The van der Waals surface area contributed by atoms with Crippen molar-refractivity contribution in [2.45, 2.75) is 6.10 Å². The molecular weight excluding hydrogens is 269 g/mol. The van der Waals surface area contributed by atoms with Gasteiger partial charge in [0, 0.05) is 88.7 Å². The number of carbonyl (C=O) groups excluding carboxylic acids is 1. The van der Waals surface area contributed by atoms with Crippen molar-refractivity contribution in [3.8, 4) is 0 Å². The Bertz CT molecular complexity index is 304. The molecular formula is C6H6Na3O8. The summed E-state index contributed by atoms with van der Waals surface area (Å²) < 4.78 is 0. The largest absolute Gasteiger partial charge is 0.481 e. The molecule has 17 heavy (non-hydrogen) atoms. The van der Waals surface area contributed by atoms with Crippen molar-refractivity contribution in [1.82, 2.24) is 0 Å². The van der Waals surface area contributed by atoms with E-state index in [1.807, 2.05) is 0 Å². The monoisotopic (exact) mass is 275 g/mol. The van der Waals surface area contributed by atoms with Crippen LogP contribution in [0.2, 0.25) is 0 Å². The Morgan fingerprint density at radius 3 is 1.29 bits per heavy atom. The maximum Gasteiger partial charge on any atom is 0.373 e. The predicted molar refractivity (Wildman–Crippen MR) is 54.7 cm³/mol. The number of carboxylic acid groups (broad SMARTS) is 3. The summed E-state index contributed by atoms with van der Waals surface area (Å²) in [6.45, 7) is 0. The maximum absolute atomic E-state index is 10.6. The fourth-order valence-corrected chi connectivity index (χ4v) is 0.666. The van der Waals surface area contributed by atoms with Gasteiger partial charge in [-0.1, -0.05) is 0 Å². The predicted octanol–water partition coefficient (Wildman–Crippen LogP) is -3.36. The van der Waals surface area contributed by atoms with Gasteiger partial charge in [0.25, 0.3) is 5.78 Å². The number of ketones is 1. The molecule has 2 atom stereocenters. The molecule has 4 N–H and O–H groups in total. The van der Waals surface area contributed by atoms with E-state index < -0.39 is 35.7 Å². The van der Waals surface area contributed by atoms with Gasteiger partial charge in [-0.25, -0.2) is 9.59 Å². The van der Waals surface area contributed by atoms with Crippen LogP contribution >= 0.6 is 0 Å². The fraction of sp³-hybridized carbons (Fsp3) is 0.333. The number of carbonyl (C=O) groups is 4. The van der Waals surface area contributed by atoms with Gasteiger partial charge < -0.3 is 20.4 Å². The number of hydrogen-bond acceptors (Lipinski definition) is 5. The molecule has 0 bridgehead atoms. The third-order valence-electron chi connectivity index (χ3n) is 1.33. The van der Waals surface area contributed by atoms with Crippen molar-refractivity contribution in [1.29, 1.82) is 0 Å². The molecule has 0 saturated heterocycles. The molecule has 0 aliphatic heterocycles. The van der Waals surface area contributed by atoms with Gasteiger partial charge >= 0.3 is 17.9 Å². The van der Waals surface area contributed by atoms with E-state index in [9.17, 15) is 19.2 Å². The van der Waals surface area contributed by atoms with Crippen LogP contribution < -0.4 is 0 Å². The smallest absolute Gasteiger partial charge is 0.373 e. The summed E-state index contributed by atoms with van der Waals surface area (Å²) in [6.07, 6.45) is -2.57. The van der Waals surface area contributed by atoms with Crippen molar-refractivity contribution in [3.05, 3.63) is 0 Å². The Hall–Kier alpha value is 1.04. The molecule has 0 fully saturated rings. The summed E-state index contributed by atoms with van der Waals surface area (Å²) in [5.41, 5.74) is 0. The molecule has 2 unspecified atom stereocenters. The minimum absolute atomic E-state index is 0. The quantitative estimate of drug-likeness (QED) is 0.231. The minimum atomic E-state index is -2.57. The Morgan fingerprint density at radius 2 is 1.12 bits per heavy atom. The molecule has 0 saturated carbocycles. The summed E-state index contributed by atoms with van der Waals surface area (Å²) in [5.74, 6) is -10.5. The van der Waals surface area contributed by atoms with Crippen molar-refractivity contribution in [2.75, 3.05) is 0 Å². The standard InChI is InChI=1S/C6H6O8.3Na/c7-2(5(11)12)1(4(9)10)3(8)6(13)14;;;/h1-2,7H,(H,9,10)(H,11,12)(H,13,14);;;. The second-order valence-corrected chi connectivity index (χ2v) is 2.27. The Kier molecular flexibility index (Phi) is 18.9. The third kappa shape index (κ3) is 8.71. The van der Waals surface area contributed by atoms with Gasteiger partial charge in [0.1, 0.15) is 0 Å². The average Bonchev–Trinajstić information content (AvgIpc) is 2.03. The van der Waals surface area contributed by atoms with Crippen LogP contribution in [0.25, 0.3) is 0 Å². The summed E-state index contributed by atoms with van der Waals surface area (Å²) in [6, 6.07) is 0. The number of carboxylic acids is 3. The summed E-state index contributed by atoms with van der Waals surface area (Å²) in [5, 5.41) is 33.3. The number of aliphatic hydroxyl groups is 1. The molecule has 3 radical (unpaired) electrons. The van der Waals surface area contributed by atoms with E-state index in [2.05, 4.69) is 0 Å². The molecule has 0 rings (SSSR count). The summed E-state index contributed by atoms with van der Waals surface area (Å²) in [4.78, 5) is 41.1. The molecule has 11 heteroatoms. The van der Waals surface area contributed by atoms with Crippen LogP contribution in [0.5, 0.6) is 0 Å². The second-order valence-electron chi connectivity index (χ2n) is 2.27. The van der Waals surface area contributed by atoms with Crippen molar-refractivity contribution in [3.63, 3.8) is 0 Å². The zero-order valence-electron chi connectivity index (χ0n) is 9.58. The van der Waals surface area contributed by atoms with E-state index in [0.717, 1.165) is 0 Å². The first-order valence-electron chi connectivity index (χ1n) is 3.19. The van der Waals surface area contributed by atoms with E-state index in [1.54, 1.807) is 0 Å².